The SMILES string of the molecule is CC1(C)c2ccccc2-c2ccc(N(c3ccc(-c4ccccc4)cc3)c3cccc4c3sc3ccc5c(c34)c3c4ccccc4c4ccccc4c3n5-c3nc(-c4ccccc4)cc(-c4ccccc4)n3)cc21. The Hall–Kier alpha value is -9.16. The molecule has 11 aromatic carbocycles. The molecule has 0 saturated heterocycles. The van der Waals surface area contributed by atoms with Gasteiger partial charge in [-0.05, 0) is 98.1 Å². The van der Waals surface area contributed by atoms with Crippen molar-refractivity contribution in [2.24, 2.45) is 0 Å². The molecule has 0 amide bonds. The first-order valence-corrected chi connectivity index (χ1v) is 26.2. The van der Waals surface area contributed by atoms with Gasteiger partial charge in [-0.3, -0.25) is 4.57 Å². The Morgan fingerprint density at radius 1 is 0.405 bits per heavy atom. The van der Waals surface area contributed by atoms with Crippen molar-refractivity contribution in [2.75, 3.05) is 4.90 Å². The van der Waals surface area contributed by atoms with Gasteiger partial charge in [0.15, 0.2) is 0 Å². The summed E-state index contributed by atoms with van der Waals surface area (Å²) in [6.45, 7) is 4.74. The Balaban J connectivity index is 1.03. The van der Waals surface area contributed by atoms with Crippen molar-refractivity contribution in [1.29, 1.82) is 0 Å². The zero-order valence-corrected chi connectivity index (χ0v) is 41.6. The summed E-state index contributed by atoms with van der Waals surface area (Å²) in [4.78, 5) is 13.5. The summed E-state index contributed by atoms with van der Waals surface area (Å²) in [7, 11) is 0. The van der Waals surface area contributed by atoms with Gasteiger partial charge in [-0.25, -0.2) is 9.97 Å². The lowest BCUT2D eigenvalue weighted by Crippen LogP contribution is -2.16. The van der Waals surface area contributed by atoms with Crippen molar-refractivity contribution in [3.63, 3.8) is 0 Å². The Labute approximate surface area is 432 Å². The monoisotopic (exact) mass is 962 g/mol. The molecule has 14 aromatic rings. The van der Waals surface area contributed by atoms with Gasteiger partial charge >= 0.3 is 0 Å². The van der Waals surface area contributed by atoms with Crippen molar-refractivity contribution < 1.29 is 0 Å². The van der Waals surface area contributed by atoms with Gasteiger partial charge < -0.3 is 4.90 Å². The van der Waals surface area contributed by atoms with Crippen LogP contribution in [0.3, 0.4) is 0 Å². The number of hydrogen-bond acceptors (Lipinski definition) is 4. The third-order valence-corrected chi connectivity index (χ3v) is 16.8. The number of benzene rings is 11. The van der Waals surface area contributed by atoms with Gasteiger partial charge in [-0.1, -0.05) is 208 Å². The lowest BCUT2D eigenvalue weighted by molar-refractivity contribution is 0.660. The number of aromatic nitrogens is 3. The van der Waals surface area contributed by atoms with Crippen molar-refractivity contribution in [2.45, 2.75) is 19.3 Å². The first kappa shape index (κ1) is 42.5. The van der Waals surface area contributed by atoms with Crippen LogP contribution in [0.1, 0.15) is 25.0 Å². The Bertz CT molecular complexity index is 4500. The summed E-state index contributed by atoms with van der Waals surface area (Å²) in [5.41, 5.74) is 16.9. The molecule has 3 aromatic heterocycles. The second kappa shape index (κ2) is 16.4. The molecule has 4 nitrogen and oxygen atoms in total. The highest BCUT2D eigenvalue weighted by molar-refractivity contribution is 7.26. The van der Waals surface area contributed by atoms with E-state index >= 15 is 0 Å². The van der Waals surface area contributed by atoms with Crippen molar-refractivity contribution in [1.82, 2.24) is 14.5 Å². The molecule has 0 bridgehead atoms. The number of thiophene rings is 1. The first-order valence-electron chi connectivity index (χ1n) is 25.4. The van der Waals surface area contributed by atoms with Crippen LogP contribution >= 0.6 is 11.3 Å². The van der Waals surface area contributed by atoms with Crippen LogP contribution in [0.2, 0.25) is 0 Å². The highest BCUT2D eigenvalue weighted by atomic mass is 32.1. The van der Waals surface area contributed by atoms with E-state index in [4.69, 9.17) is 9.97 Å². The summed E-state index contributed by atoms with van der Waals surface area (Å²) in [5.74, 6) is 0.636. The minimum atomic E-state index is -0.159. The third-order valence-electron chi connectivity index (χ3n) is 15.6. The van der Waals surface area contributed by atoms with Crippen LogP contribution in [0.5, 0.6) is 0 Å². The number of hydrogen-bond donors (Lipinski definition) is 0. The fourth-order valence-corrected chi connectivity index (χ4v) is 13.4. The molecule has 3 heterocycles. The molecule has 0 unspecified atom stereocenters. The van der Waals surface area contributed by atoms with Crippen LogP contribution in [0.25, 0.3) is 114 Å². The van der Waals surface area contributed by atoms with Crippen LogP contribution in [-0.2, 0) is 5.41 Å². The van der Waals surface area contributed by atoms with Gasteiger partial charge in [0, 0.05) is 59.5 Å². The van der Waals surface area contributed by atoms with E-state index in [-0.39, 0.29) is 5.41 Å². The number of anilines is 3. The second-order valence-corrected chi connectivity index (χ2v) is 21.1. The van der Waals surface area contributed by atoms with Crippen molar-refractivity contribution >= 4 is 91.9 Å². The van der Waals surface area contributed by atoms with E-state index in [1.54, 1.807) is 0 Å². The Kier molecular flexibility index (Phi) is 9.44. The summed E-state index contributed by atoms with van der Waals surface area (Å²) in [6, 6.07) is 88.3. The van der Waals surface area contributed by atoms with E-state index in [1.807, 2.05) is 11.3 Å². The molecule has 1 aliphatic rings. The molecule has 0 radical (unpaired) electrons. The maximum absolute atomic E-state index is 5.51. The van der Waals surface area contributed by atoms with Crippen LogP contribution < -0.4 is 4.90 Å². The van der Waals surface area contributed by atoms with Gasteiger partial charge in [-0.15, -0.1) is 11.3 Å². The molecule has 74 heavy (non-hydrogen) atoms. The number of rotatable bonds is 7. The van der Waals surface area contributed by atoms with E-state index in [1.165, 1.54) is 80.5 Å². The minimum absolute atomic E-state index is 0.159. The largest absolute Gasteiger partial charge is 0.309 e. The van der Waals surface area contributed by atoms with Gasteiger partial charge in [-0.2, -0.15) is 0 Å². The van der Waals surface area contributed by atoms with E-state index in [2.05, 4.69) is 266 Å². The van der Waals surface area contributed by atoms with Crippen LogP contribution in [0.4, 0.5) is 17.1 Å². The Morgan fingerprint density at radius 2 is 0.959 bits per heavy atom. The normalized spacial score (nSPS) is 12.8. The first-order chi connectivity index (χ1) is 36.5. The summed E-state index contributed by atoms with van der Waals surface area (Å²) >= 11 is 1.88. The summed E-state index contributed by atoms with van der Waals surface area (Å²) in [5, 5.41) is 9.65. The lowest BCUT2D eigenvalue weighted by Gasteiger charge is -2.28. The minimum Gasteiger partial charge on any atom is -0.309 e. The van der Waals surface area contributed by atoms with E-state index < -0.39 is 0 Å². The molecule has 15 rings (SSSR count). The highest BCUT2D eigenvalue weighted by Gasteiger charge is 2.36. The third kappa shape index (κ3) is 6.40. The lowest BCUT2D eigenvalue weighted by atomic mass is 9.82. The molecule has 348 valence electrons. The molecular weight excluding hydrogens is 917 g/mol. The number of nitrogens with zero attached hydrogens (tertiary/aromatic N) is 4. The smallest absolute Gasteiger partial charge is 0.235 e. The standard InChI is InChI=1S/C69H46N4S/c1-69(2)56-31-17-16-27-51(56)52-38-37-48(41-57(52)69)72(47-35-33-44(34-36-47)43-19-6-3-7-20-43)61-32-18-30-55-63-62(74-67(55)61)40-39-60-65(63)64-53-28-14-12-25-49(53)50-26-13-15-29-54(50)66(64)73(60)68-70-58(45-21-8-4-9-22-45)42-59(71-68)46-23-10-5-11-24-46/h3-42H,1-2H3. The van der Waals surface area contributed by atoms with Gasteiger partial charge in [0.25, 0.3) is 0 Å². The molecule has 0 fully saturated rings. The quantitative estimate of drug-likeness (QED) is 0.149. The molecule has 0 atom stereocenters. The van der Waals surface area contributed by atoms with Crippen LogP contribution in [-0.4, -0.2) is 14.5 Å². The zero-order chi connectivity index (χ0) is 49.1. The molecule has 0 aliphatic heterocycles. The van der Waals surface area contributed by atoms with Crippen molar-refractivity contribution in [3.05, 3.63) is 254 Å². The fraction of sp³-hybridized carbons (Fsp3) is 0.0435. The van der Waals surface area contributed by atoms with Crippen molar-refractivity contribution in [3.8, 4) is 50.7 Å². The summed E-state index contributed by atoms with van der Waals surface area (Å²) < 4.78 is 4.81. The molecular formula is C69H46N4S. The zero-order valence-electron chi connectivity index (χ0n) is 40.8. The molecule has 0 spiro atoms. The average Bonchev–Trinajstić information content (AvgIpc) is 4.10. The summed E-state index contributed by atoms with van der Waals surface area (Å²) in [6.07, 6.45) is 0. The van der Waals surface area contributed by atoms with Gasteiger partial charge in [0.05, 0.1) is 32.8 Å². The van der Waals surface area contributed by atoms with E-state index in [0.29, 0.717) is 5.95 Å². The van der Waals surface area contributed by atoms with Crippen LogP contribution in [0, 0.1) is 0 Å². The topological polar surface area (TPSA) is 34.0 Å². The van der Waals surface area contributed by atoms with Gasteiger partial charge in [0.1, 0.15) is 0 Å². The maximum Gasteiger partial charge on any atom is 0.235 e. The van der Waals surface area contributed by atoms with E-state index in [9.17, 15) is 0 Å². The second-order valence-electron chi connectivity index (χ2n) is 20.1. The fourth-order valence-electron chi connectivity index (χ4n) is 12.2. The maximum atomic E-state index is 5.51. The predicted octanol–water partition coefficient (Wildman–Crippen LogP) is 19.0. The molecule has 0 saturated carbocycles. The number of fused-ring (bicyclic) bond motifs is 15. The predicted molar refractivity (Wildman–Crippen MR) is 313 cm³/mol. The average molecular weight is 963 g/mol. The molecule has 0 N–H and O–H groups in total. The molecule has 1 aliphatic carbocycles. The Morgan fingerprint density at radius 3 is 1.66 bits per heavy atom. The van der Waals surface area contributed by atoms with Gasteiger partial charge in [0.2, 0.25) is 5.95 Å². The molecule has 5 heteroatoms. The van der Waals surface area contributed by atoms with E-state index in [0.717, 1.165) is 56.0 Å². The van der Waals surface area contributed by atoms with Crippen LogP contribution in [0.15, 0.2) is 243 Å². The highest BCUT2D eigenvalue weighted by Crippen LogP contribution is 2.54.